The number of rotatable bonds is 5. The van der Waals surface area contributed by atoms with Gasteiger partial charge in [0, 0.05) is 59.3 Å². The van der Waals surface area contributed by atoms with Gasteiger partial charge in [0.2, 0.25) is 5.91 Å². The lowest BCUT2D eigenvalue weighted by atomic mass is 10.1. The molecule has 2 fully saturated rings. The van der Waals surface area contributed by atoms with Crippen LogP contribution in [-0.4, -0.2) is 88.2 Å². The first-order valence-corrected chi connectivity index (χ1v) is 9.85. The number of nitrogens with zero attached hydrogens (tertiary/aromatic N) is 4. The normalized spacial score (nSPS) is 19.7. The molecule has 29 heavy (non-hydrogen) atoms. The fraction of sp³-hybridized carbons (Fsp3) is 0.600. The topological polar surface area (TPSA) is 60.4 Å². The van der Waals surface area contributed by atoms with Gasteiger partial charge in [-0.05, 0) is 18.6 Å². The predicted octanol–water partition coefficient (Wildman–Crippen LogP) is 1.64. The van der Waals surface area contributed by atoms with Crippen LogP contribution in [0.2, 0.25) is 0 Å². The third-order valence-electron chi connectivity index (χ3n) is 5.21. The van der Waals surface area contributed by atoms with Gasteiger partial charge >= 0.3 is 0 Å². The maximum absolute atomic E-state index is 14.1. The van der Waals surface area contributed by atoms with E-state index in [9.17, 15) is 9.18 Å². The van der Waals surface area contributed by atoms with Gasteiger partial charge in [-0.1, -0.05) is 12.1 Å². The second kappa shape index (κ2) is 11.5. The Bertz CT molecular complexity index is 689. The monoisotopic (exact) mass is 519 g/mol. The standard InChI is InChI=1S/C20H30FN5O2.HI/c1-24(2)19(27)14-23-20(22-13-16-7-12-28-15-16)26-10-8-25(9-11-26)18-6-4-3-5-17(18)21;/h3-6,16H,7-15H2,1-2H3,(H,22,23);1H. The first-order valence-electron chi connectivity index (χ1n) is 9.85. The number of guanidine groups is 1. The van der Waals surface area contributed by atoms with Crippen molar-refractivity contribution in [1.29, 1.82) is 0 Å². The Morgan fingerprint density at radius 2 is 2.00 bits per heavy atom. The number of nitrogens with one attached hydrogen (secondary N) is 1. The van der Waals surface area contributed by atoms with Crippen molar-refractivity contribution in [3.8, 4) is 0 Å². The molecule has 2 aliphatic rings. The summed E-state index contributed by atoms with van der Waals surface area (Å²) in [5.74, 6) is 0.985. The quantitative estimate of drug-likeness (QED) is 0.364. The van der Waals surface area contributed by atoms with E-state index in [1.165, 1.54) is 6.07 Å². The van der Waals surface area contributed by atoms with E-state index >= 15 is 0 Å². The zero-order valence-electron chi connectivity index (χ0n) is 17.1. The molecule has 3 rings (SSSR count). The zero-order valence-corrected chi connectivity index (χ0v) is 19.5. The van der Waals surface area contributed by atoms with Gasteiger partial charge in [-0.25, -0.2) is 9.38 Å². The molecule has 1 atom stereocenters. The number of para-hydroxylation sites is 1. The summed E-state index contributed by atoms with van der Waals surface area (Å²) in [7, 11) is 3.46. The molecule has 0 aromatic heterocycles. The van der Waals surface area contributed by atoms with Crippen LogP contribution in [0.4, 0.5) is 10.1 Å². The van der Waals surface area contributed by atoms with E-state index < -0.39 is 0 Å². The Labute approximate surface area is 189 Å². The van der Waals surface area contributed by atoms with E-state index in [4.69, 9.17) is 4.74 Å². The summed E-state index contributed by atoms with van der Waals surface area (Å²) in [4.78, 5) is 22.3. The van der Waals surface area contributed by atoms with Gasteiger partial charge in [-0.15, -0.1) is 24.0 Å². The molecule has 0 aliphatic carbocycles. The van der Waals surface area contributed by atoms with Crippen molar-refractivity contribution >= 4 is 41.5 Å². The highest BCUT2D eigenvalue weighted by Gasteiger charge is 2.23. The second-order valence-corrected chi connectivity index (χ2v) is 7.46. The lowest BCUT2D eigenvalue weighted by molar-refractivity contribution is -0.127. The molecule has 0 saturated carbocycles. The predicted molar refractivity (Wildman–Crippen MR) is 124 cm³/mol. The molecular weight excluding hydrogens is 488 g/mol. The minimum atomic E-state index is -0.194. The van der Waals surface area contributed by atoms with E-state index in [1.54, 1.807) is 25.1 Å². The number of likely N-dealkylation sites (N-methyl/N-ethyl adjacent to an activating group) is 1. The minimum absolute atomic E-state index is 0. The highest BCUT2D eigenvalue weighted by Crippen LogP contribution is 2.20. The van der Waals surface area contributed by atoms with Crippen LogP contribution in [0.1, 0.15) is 6.42 Å². The Kier molecular flexibility index (Phi) is 9.41. The van der Waals surface area contributed by atoms with Crippen molar-refractivity contribution in [1.82, 2.24) is 15.1 Å². The van der Waals surface area contributed by atoms with Crippen LogP contribution < -0.4 is 10.2 Å². The molecule has 0 spiro atoms. The van der Waals surface area contributed by atoms with Crippen LogP contribution in [0, 0.1) is 11.7 Å². The van der Waals surface area contributed by atoms with Crippen LogP contribution in [0.15, 0.2) is 29.3 Å². The van der Waals surface area contributed by atoms with Gasteiger partial charge < -0.3 is 24.8 Å². The van der Waals surface area contributed by atoms with Crippen molar-refractivity contribution in [3.63, 3.8) is 0 Å². The van der Waals surface area contributed by atoms with Crippen molar-refractivity contribution in [3.05, 3.63) is 30.1 Å². The van der Waals surface area contributed by atoms with E-state index in [2.05, 4.69) is 20.1 Å². The maximum Gasteiger partial charge on any atom is 0.243 e. The molecule has 1 aromatic carbocycles. The molecule has 1 N–H and O–H groups in total. The van der Waals surface area contributed by atoms with E-state index in [0.29, 0.717) is 24.7 Å². The molecular formula is C20H31FIN5O2. The molecule has 9 heteroatoms. The summed E-state index contributed by atoms with van der Waals surface area (Å²) in [6, 6.07) is 6.87. The molecule has 2 saturated heterocycles. The van der Waals surface area contributed by atoms with Crippen LogP contribution >= 0.6 is 24.0 Å². The first-order chi connectivity index (χ1) is 13.5. The largest absolute Gasteiger partial charge is 0.381 e. The van der Waals surface area contributed by atoms with Gasteiger partial charge in [-0.2, -0.15) is 0 Å². The molecule has 2 heterocycles. The minimum Gasteiger partial charge on any atom is -0.381 e. The summed E-state index contributed by atoms with van der Waals surface area (Å²) in [6.45, 7) is 5.31. The summed E-state index contributed by atoms with van der Waals surface area (Å²) >= 11 is 0. The van der Waals surface area contributed by atoms with Gasteiger partial charge in [0.15, 0.2) is 5.96 Å². The number of benzene rings is 1. The molecule has 0 radical (unpaired) electrons. The van der Waals surface area contributed by atoms with Gasteiger partial charge in [-0.3, -0.25) is 4.79 Å². The van der Waals surface area contributed by atoms with E-state index in [-0.39, 0.29) is 42.2 Å². The highest BCUT2D eigenvalue weighted by molar-refractivity contribution is 14.0. The van der Waals surface area contributed by atoms with Crippen molar-refractivity contribution in [2.24, 2.45) is 10.9 Å². The second-order valence-electron chi connectivity index (χ2n) is 7.46. The highest BCUT2D eigenvalue weighted by atomic mass is 127. The van der Waals surface area contributed by atoms with Crippen LogP contribution in [0.3, 0.4) is 0 Å². The van der Waals surface area contributed by atoms with Gasteiger partial charge in [0.25, 0.3) is 0 Å². The molecule has 1 amide bonds. The molecule has 2 aliphatic heterocycles. The molecule has 162 valence electrons. The fourth-order valence-electron chi connectivity index (χ4n) is 3.40. The fourth-order valence-corrected chi connectivity index (χ4v) is 3.40. The number of ether oxygens (including phenoxy) is 1. The third kappa shape index (κ3) is 6.70. The zero-order chi connectivity index (χ0) is 19.9. The number of hydrogen-bond donors (Lipinski definition) is 1. The van der Waals surface area contributed by atoms with E-state index in [1.807, 2.05) is 12.1 Å². The number of carbonyl (C=O) groups excluding carboxylic acids is 1. The number of carbonyl (C=O) groups is 1. The summed E-state index contributed by atoms with van der Waals surface area (Å²) in [5.41, 5.74) is 0.638. The SMILES string of the molecule is CN(C)C(=O)CN=C(NCC1CCOC1)N1CCN(c2ccccc2F)CC1.I. The molecule has 1 aromatic rings. The third-order valence-corrected chi connectivity index (χ3v) is 5.21. The lowest BCUT2D eigenvalue weighted by Crippen LogP contribution is -2.53. The maximum atomic E-state index is 14.1. The Morgan fingerprint density at radius 1 is 1.28 bits per heavy atom. The smallest absolute Gasteiger partial charge is 0.243 e. The Hall–Kier alpha value is -1.62. The molecule has 7 nitrogen and oxygen atoms in total. The Balaban J connectivity index is 0.00000300. The molecule has 1 unspecified atom stereocenters. The van der Waals surface area contributed by atoms with E-state index in [0.717, 1.165) is 45.2 Å². The number of halogens is 2. The van der Waals surface area contributed by atoms with Crippen LogP contribution in [-0.2, 0) is 9.53 Å². The van der Waals surface area contributed by atoms with Crippen molar-refractivity contribution in [2.45, 2.75) is 6.42 Å². The number of amides is 1. The number of aliphatic imine (C=N–C) groups is 1. The average Bonchev–Trinajstić information content (AvgIpc) is 3.22. The molecule has 0 bridgehead atoms. The van der Waals surface area contributed by atoms with Crippen LogP contribution in [0.25, 0.3) is 0 Å². The lowest BCUT2D eigenvalue weighted by Gasteiger charge is -2.38. The first kappa shape index (κ1) is 23.7. The van der Waals surface area contributed by atoms with Gasteiger partial charge in [0.1, 0.15) is 12.4 Å². The Morgan fingerprint density at radius 3 is 2.62 bits per heavy atom. The van der Waals surface area contributed by atoms with Crippen LogP contribution in [0.5, 0.6) is 0 Å². The average molecular weight is 519 g/mol. The number of hydrogen-bond acceptors (Lipinski definition) is 4. The summed E-state index contributed by atoms with van der Waals surface area (Å²) in [5, 5.41) is 3.42. The van der Waals surface area contributed by atoms with Gasteiger partial charge in [0.05, 0.1) is 12.3 Å². The number of anilines is 1. The summed E-state index contributed by atoms with van der Waals surface area (Å²) < 4.78 is 19.5. The number of piperazine rings is 1. The van der Waals surface area contributed by atoms with Crippen molar-refractivity contribution in [2.75, 3.05) is 71.5 Å². The van der Waals surface area contributed by atoms with Crippen molar-refractivity contribution < 1.29 is 13.9 Å². The summed E-state index contributed by atoms with van der Waals surface area (Å²) in [6.07, 6.45) is 1.04.